The van der Waals surface area contributed by atoms with E-state index in [2.05, 4.69) is 84.0 Å². The maximum Gasteiger partial charge on any atom is 0.0842 e. The third-order valence-electron chi connectivity index (χ3n) is 7.27. The molecule has 0 aromatic heterocycles. The molecule has 154 valence electrons. The van der Waals surface area contributed by atoms with Crippen molar-refractivity contribution in [3.05, 3.63) is 86.6 Å². The topological polar surface area (TPSA) is 0 Å². The monoisotopic (exact) mass is 402 g/mol. The van der Waals surface area contributed by atoms with Crippen LogP contribution in [0.25, 0.3) is 0 Å². The van der Waals surface area contributed by atoms with Crippen LogP contribution in [0, 0.1) is 40.5 Å². The molecule has 2 aromatic rings. The van der Waals surface area contributed by atoms with Crippen molar-refractivity contribution in [2.75, 3.05) is 0 Å². The molecule has 0 N–H and O–H groups in total. The Morgan fingerprint density at radius 1 is 0.793 bits per heavy atom. The first-order valence-electron chi connectivity index (χ1n) is 11.4. The molecule has 0 heterocycles. The van der Waals surface area contributed by atoms with Gasteiger partial charge >= 0.3 is 0 Å². The first kappa shape index (κ1) is 21.8. The molecule has 0 nitrogen and oxygen atoms in total. The highest BCUT2D eigenvalue weighted by molar-refractivity contribution is 6.62. The van der Waals surface area contributed by atoms with E-state index in [4.69, 9.17) is 0 Å². The van der Waals surface area contributed by atoms with Gasteiger partial charge in [0.05, 0.1) is 9.52 Å². The highest BCUT2D eigenvalue weighted by atomic mass is 28.2. The Kier molecular flexibility index (Phi) is 7.35. The lowest BCUT2D eigenvalue weighted by atomic mass is 9.95. The van der Waals surface area contributed by atoms with Gasteiger partial charge in [0.1, 0.15) is 0 Å². The van der Waals surface area contributed by atoms with Gasteiger partial charge in [0.15, 0.2) is 0 Å². The van der Waals surface area contributed by atoms with Crippen LogP contribution in [0.1, 0.15) is 66.0 Å². The molecule has 1 unspecified atom stereocenters. The number of hydrogen-bond acceptors (Lipinski definition) is 0. The van der Waals surface area contributed by atoms with Crippen LogP contribution in [0.2, 0.25) is 0 Å². The fraction of sp³-hybridized carbons (Fsp3) is 0.429. The number of rotatable bonds is 8. The van der Waals surface area contributed by atoms with Gasteiger partial charge in [-0.1, -0.05) is 79.1 Å². The zero-order valence-electron chi connectivity index (χ0n) is 19.4. The molecule has 0 fully saturated rings. The van der Waals surface area contributed by atoms with Crippen molar-refractivity contribution in [3.8, 4) is 0 Å². The van der Waals surface area contributed by atoms with Crippen molar-refractivity contribution in [2.45, 2.75) is 73.6 Å². The van der Waals surface area contributed by atoms with Gasteiger partial charge in [-0.15, -0.1) is 0 Å². The number of benzene rings is 2. The Morgan fingerprint density at radius 3 is 2.03 bits per heavy atom. The molecule has 0 radical (unpaired) electrons. The lowest BCUT2D eigenvalue weighted by Gasteiger charge is -2.22. The first-order valence-corrected chi connectivity index (χ1v) is 12.8. The Balaban J connectivity index is 1.97. The summed E-state index contributed by atoms with van der Waals surface area (Å²) in [6, 6.07) is 11.0. The predicted molar refractivity (Wildman–Crippen MR) is 132 cm³/mol. The summed E-state index contributed by atoms with van der Waals surface area (Å²) >= 11 is 0. The number of unbranched alkanes of at least 4 members (excludes halogenated alkanes) is 2. The van der Waals surface area contributed by atoms with Crippen LogP contribution in [0.3, 0.4) is 0 Å². The van der Waals surface area contributed by atoms with Gasteiger partial charge in [-0.25, -0.2) is 0 Å². The molecular weight excluding hydrogens is 364 g/mol. The fourth-order valence-electron chi connectivity index (χ4n) is 4.84. The minimum absolute atomic E-state index is 0.479. The first-order chi connectivity index (χ1) is 13.9. The highest BCUT2D eigenvalue weighted by Gasteiger charge is 2.23. The molecule has 0 saturated heterocycles. The molecule has 1 heteroatoms. The van der Waals surface area contributed by atoms with E-state index >= 15 is 0 Å². The van der Waals surface area contributed by atoms with E-state index in [0.717, 1.165) is 6.42 Å². The molecular formula is C28H38Si. The molecule has 29 heavy (non-hydrogen) atoms. The summed E-state index contributed by atoms with van der Waals surface area (Å²) in [5, 5.41) is 3.51. The van der Waals surface area contributed by atoms with Gasteiger partial charge in [-0.3, -0.25) is 0 Å². The van der Waals surface area contributed by atoms with E-state index in [9.17, 15) is 0 Å². The maximum absolute atomic E-state index is 2.52. The molecule has 1 aliphatic rings. The van der Waals surface area contributed by atoms with Gasteiger partial charge in [0, 0.05) is 0 Å². The van der Waals surface area contributed by atoms with Crippen LogP contribution in [0.4, 0.5) is 0 Å². The van der Waals surface area contributed by atoms with Crippen LogP contribution < -0.4 is 5.19 Å². The third-order valence-corrected chi connectivity index (χ3v) is 10.0. The standard InChI is InChI=1S/C28H38Si/c1-7-8-10-15-25-16-17-26(18-24-13-11-9-12-14-24)28(25)29-27-22(5)20(3)19(2)21(4)23(27)6/h9,11-14,16-17,25H,7-8,10,15,18,29H2,1-6H3. The maximum atomic E-state index is 2.52. The SMILES string of the molecule is CCCCCC1C=CC(Cc2ccccc2)=C1[SiH2]c1c(C)c(C)c(C)c(C)c1C. The Morgan fingerprint density at radius 2 is 1.41 bits per heavy atom. The summed E-state index contributed by atoms with van der Waals surface area (Å²) in [7, 11) is -0.479. The summed E-state index contributed by atoms with van der Waals surface area (Å²) in [5.41, 5.74) is 10.7. The number of allylic oxidation sites excluding steroid dienone is 4. The zero-order valence-corrected chi connectivity index (χ0v) is 20.8. The molecule has 0 spiro atoms. The molecule has 0 aliphatic heterocycles. The van der Waals surface area contributed by atoms with E-state index in [1.807, 2.05) is 0 Å². The second-order valence-electron chi connectivity index (χ2n) is 8.95. The van der Waals surface area contributed by atoms with Crippen molar-refractivity contribution >= 4 is 14.7 Å². The van der Waals surface area contributed by atoms with Crippen molar-refractivity contribution in [2.24, 2.45) is 5.92 Å². The summed E-state index contributed by atoms with van der Waals surface area (Å²) in [6.45, 7) is 14.0. The van der Waals surface area contributed by atoms with Crippen LogP contribution in [-0.4, -0.2) is 9.52 Å². The molecule has 2 aromatic carbocycles. The second kappa shape index (κ2) is 9.76. The van der Waals surface area contributed by atoms with Gasteiger partial charge in [0.2, 0.25) is 0 Å². The van der Waals surface area contributed by atoms with E-state index in [-0.39, 0.29) is 0 Å². The summed E-state index contributed by atoms with van der Waals surface area (Å²) in [5.74, 6) is 0.674. The molecule has 0 amide bonds. The van der Waals surface area contributed by atoms with Gasteiger partial charge in [-0.05, 0) is 92.3 Å². The van der Waals surface area contributed by atoms with Crippen LogP contribution in [0.5, 0.6) is 0 Å². The minimum atomic E-state index is -0.479. The fourth-order valence-corrected chi connectivity index (χ4v) is 7.36. The van der Waals surface area contributed by atoms with E-state index in [1.54, 1.807) is 27.1 Å². The largest absolute Gasteiger partial charge is 0.0842 e. The average Bonchev–Trinajstić information content (AvgIpc) is 3.10. The smallest absolute Gasteiger partial charge is 0.0775 e. The van der Waals surface area contributed by atoms with Gasteiger partial charge < -0.3 is 0 Å². The second-order valence-corrected chi connectivity index (χ2v) is 10.8. The summed E-state index contributed by atoms with van der Waals surface area (Å²) in [4.78, 5) is 0. The van der Waals surface area contributed by atoms with Crippen molar-refractivity contribution < 1.29 is 0 Å². The number of hydrogen-bond donors (Lipinski definition) is 0. The zero-order chi connectivity index (χ0) is 21.0. The molecule has 1 aliphatic carbocycles. The van der Waals surface area contributed by atoms with Gasteiger partial charge in [-0.2, -0.15) is 0 Å². The summed E-state index contributed by atoms with van der Waals surface area (Å²) in [6.07, 6.45) is 11.4. The Hall–Kier alpha value is -1.86. The Labute approximate surface area is 181 Å². The lowest BCUT2D eigenvalue weighted by molar-refractivity contribution is 0.608. The predicted octanol–water partition coefficient (Wildman–Crippen LogP) is 6.29. The normalized spacial score (nSPS) is 16.6. The van der Waals surface area contributed by atoms with E-state index < -0.39 is 9.52 Å². The van der Waals surface area contributed by atoms with E-state index in [1.165, 1.54) is 47.9 Å². The molecule has 0 saturated carbocycles. The lowest BCUT2D eigenvalue weighted by Crippen LogP contribution is -2.28. The van der Waals surface area contributed by atoms with Crippen LogP contribution >= 0.6 is 0 Å². The molecule has 0 bridgehead atoms. The van der Waals surface area contributed by atoms with Crippen LogP contribution in [-0.2, 0) is 6.42 Å². The molecule has 1 atom stereocenters. The van der Waals surface area contributed by atoms with Gasteiger partial charge in [0.25, 0.3) is 0 Å². The quantitative estimate of drug-likeness (QED) is 0.360. The highest BCUT2D eigenvalue weighted by Crippen LogP contribution is 2.32. The minimum Gasteiger partial charge on any atom is -0.0775 e. The average molecular weight is 403 g/mol. The van der Waals surface area contributed by atoms with Crippen molar-refractivity contribution in [3.63, 3.8) is 0 Å². The van der Waals surface area contributed by atoms with Crippen molar-refractivity contribution in [1.82, 2.24) is 0 Å². The summed E-state index contributed by atoms with van der Waals surface area (Å²) < 4.78 is 0. The Bertz CT molecular complexity index is 886. The van der Waals surface area contributed by atoms with Crippen molar-refractivity contribution in [1.29, 1.82) is 0 Å². The molecule has 3 rings (SSSR count). The van der Waals surface area contributed by atoms with Crippen LogP contribution in [0.15, 0.2) is 53.3 Å². The van der Waals surface area contributed by atoms with E-state index in [0.29, 0.717) is 5.92 Å². The third kappa shape index (κ3) is 4.83.